The molecule has 3 heterocycles. The lowest BCUT2D eigenvalue weighted by Crippen LogP contribution is -2.35. The Morgan fingerprint density at radius 3 is 2.68 bits per heavy atom. The van der Waals surface area contributed by atoms with Crippen LogP contribution >= 0.6 is 11.8 Å². The molecule has 0 saturated carbocycles. The summed E-state index contributed by atoms with van der Waals surface area (Å²) in [7, 11) is 0. The van der Waals surface area contributed by atoms with E-state index in [1.54, 1.807) is 24.3 Å². The zero-order valence-corrected chi connectivity index (χ0v) is 18.0. The number of thioether (sulfide) groups is 1. The number of amidine groups is 2. The third kappa shape index (κ3) is 4.85. The number of hydrogen-bond donors (Lipinski definition) is 1. The highest BCUT2D eigenvalue weighted by Crippen LogP contribution is 2.31. The first kappa shape index (κ1) is 21.2. The highest BCUT2D eigenvalue weighted by atomic mass is 32.2. The Balaban J connectivity index is 1.47. The molecule has 1 amide bonds. The number of rotatable bonds is 8. The lowest BCUT2D eigenvalue weighted by atomic mass is 10.1. The van der Waals surface area contributed by atoms with Gasteiger partial charge in [0.05, 0.1) is 5.57 Å². The molecule has 1 aromatic carbocycles. The van der Waals surface area contributed by atoms with E-state index >= 15 is 0 Å². The molecule has 0 aliphatic carbocycles. The van der Waals surface area contributed by atoms with Gasteiger partial charge in [-0.05, 0) is 67.1 Å². The maximum Gasteiger partial charge on any atom is 0.283 e. The molecular weight excluding hydrogens is 415 g/mol. The second kappa shape index (κ2) is 9.43. The lowest BCUT2D eigenvalue weighted by molar-refractivity contribution is -0.114. The van der Waals surface area contributed by atoms with Crippen LogP contribution in [0.1, 0.15) is 51.2 Å². The molecule has 1 aromatic heterocycles. The summed E-state index contributed by atoms with van der Waals surface area (Å²) in [5.74, 6) is 0.145. The van der Waals surface area contributed by atoms with E-state index in [0.29, 0.717) is 16.7 Å². The van der Waals surface area contributed by atoms with Crippen molar-refractivity contribution in [2.75, 3.05) is 0 Å². The minimum absolute atomic E-state index is 0.0109. The van der Waals surface area contributed by atoms with Gasteiger partial charge >= 0.3 is 0 Å². The number of nitrogens with one attached hydrogen (secondary N) is 1. The highest BCUT2D eigenvalue weighted by Gasteiger charge is 2.35. The normalized spacial score (nSPS) is 17.2. The van der Waals surface area contributed by atoms with Crippen molar-refractivity contribution in [2.24, 2.45) is 10.1 Å². The van der Waals surface area contributed by atoms with Crippen molar-refractivity contribution < 1.29 is 13.6 Å². The van der Waals surface area contributed by atoms with Crippen LogP contribution in [0.5, 0.6) is 0 Å². The molecule has 0 atom stereocenters. The Hall–Kier alpha value is -3.00. The number of benzene rings is 1. The van der Waals surface area contributed by atoms with Crippen LogP contribution < -0.4 is 0 Å². The number of furan rings is 1. The van der Waals surface area contributed by atoms with E-state index in [-0.39, 0.29) is 17.2 Å². The van der Waals surface area contributed by atoms with Gasteiger partial charge in [0.25, 0.3) is 5.91 Å². The molecule has 31 heavy (non-hydrogen) atoms. The molecule has 2 aliphatic rings. The van der Waals surface area contributed by atoms with Crippen LogP contribution in [0.25, 0.3) is 17.4 Å². The Labute approximate surface area is 184 Å². The van der Waals surface area contributed by atoms with Crippen LogP contribution in [0.15, 0.2) is 56.5 Å². The van der Waals surface area contributed by atoms with Crippen LogP contribution in [0.3, 0.4) is 0 Å². The van der Waals surface area contributed by atoms with Gasteiger partial charge in [0, 0.05) is 5.56 Å². The maximum absolute atomic E-state index is 13.1. The summed E-state index contributed by atoms with van der Waals surface area (Å²) >= 11 is 1.36. The quantitative estimate of drug-likeness (QED) is 0.401. The molecule has 0 radical (unpaired) electrons. The van der Waals surface area contributed by atoms with Crippen LogP contribution in [0.4, 0.5) is 4.39 Å². The highest BCUT2D eigenvalue weighted by molar-refractivity contribution is 8.26. The number of hydrogen-bond acceptors (Lipinski definition) is 5. The van der Waals surface area contributed by atoms with Gasteiger partial charge in [-0.1, -0.05) is 32.6 Å². The summed E-state index contributed by atoms with van der Waals surface area (Å²) < 4.78 is 18.9. The molecular formula is C23H23FN4O2S. The monoisotopic (exact) mass is 438 g/mol. The molecule has 0 unspecified atom stereocenters. The van der Waals surface area contributed by atoms with E-state index in [9.17, 15) is 9.18 Å². The predicted octanol–water partition coefficient (Wildman–Crippen LogP) is 6.07. The van der Waals surface area contributed by atoms with Gasteiger partial charge in [-0.15, -0.1) is 0 Å². The number of aliphatic imine (C=N–C) groups is 1. The Morgan fingerprint density at radius 1 is 1.13 bits per heavy atom. The largest absolute Gasteiger partial charge is 0.457 e. The van der Waals surface area contributed by atoms with Gasteiger partial charge < -0.3 is 4.42 Å². The zero-order chi connectivity index (χ0) is 21.8. The first-order valence-electron chi connectivity index (χ1n) is 10.4. The average molecular weight is 439 g/mol. The maximum atomic E-state index is 13.1. The van der Waals surface area contributed by atoms with Crippen molar-refractivity contribution in [3.8, 4) is 11.3 Å². The van der Waals surface area contributed by atoms with E-state index in [1.807, 2.05) is 0 Å². The second-order valence-corrected chi connectivity index (χ2v) is 8.43. The smallest absolute Gasteiger partial charge is 0.283 e. The molecule has 0 spiro atoms. The number of halogens is 1. The number of amides is 1. The van der Waals surface area contributed by atoms with Crippen LogP contribution in [0.2, 0.25) is 0 Å². The van der Waals surface area contributed by atoms with E-state index in [2.05, 4.69) is 17.0 Å². The van der Waals surface area contributed by atoms with Gasteiger partial charge in [0.2, 0.25) is 5.17 Å². The number of fused-ring (bicyclic) bond motifs is 1. The summed E-state index contributed by atoms with van der Waals surface area (Å²) in [5, 5.41) is 15.7. The van der Waals surface area contributed by atoms with Gasteiger partial charge in [0.15, 0.2) is 5.84 Å². The molecule has 0 saturated heterocycles. The minimum Gasteiger partial charge on any atom is -0.457 e. The Morgan fingerprint density at radius 2 is 1.90 bits per heavy atom. The molecule has 2 aromatic rings. The number of unbranched alkanes of at least 4 members (excludes halogenated alkanes) is 4. The third-order valence-corrected chi connectivity index (χ3v) is 6.00. The van der Waals surface area contributed by atoms with E-state index in [1.165, 1.54) is 54.2 Å². The molecule has 0 fully saturated rings. The van der Waals surface area contributed by atoms with Crippen LogP contribution in [0, 0.1) is 11.2 Å². The number of carbonyl (C=O) groups excluding carboxylic acids is 1. The standard InChI is InChI=1S/C23H23FN4O2S/c1-2-3-4-5-6-7-20-27-28-21(25)18(22(29)26-23(28)31-20)14-17-12-13-19(30-17)15-8-10-16(24)11-9-15/h8-14,25H,2-7H2,1H3. The molecule has 1 N–H and O–H groups in total. The predicted molar refractivity (Wildman–Crippen MR) is 122 cm³/mol. The van der Waals surface area contributed by atoms with E-state index < -0.39 is 5.91 Å². The van der Waals surface area contributed by atoms with Crippen molar-refractivity contribution >= 4 is 39.8 Å². The summed E-state index contributed by atoms with van der Waals surface area (Å²) in [6.45, 7) is 2.19. The summed E-state index contributed by atoms with van der Waals surface area (Å²) in [6, 6.07) is 9.40. The SMILES string of the molecule is CCCCCCCC1=NN2C(=N)C(=Cc3ccc(-c4ccc(F)cc4)o3)C(=O)N=C2S1. The first-order chi connectivity index (χ1) is 15.0. The number of hydrazone groups is 1. The van der Waals surface area contributed by atoms with E-state index in [0.717, 1.165) is 29.9 Å². The molecule has 8 heteroatoms. The fourth-order valence-electron chi connectivity index (χ4n) is 3.35. The molecule has 4 rings (SSSR count). The van der Waals surface area contributed by atoms with Crippen molar-refractivity contribution in [1.82, 2.24) is 5.01 Å². The summed E-state index contributed by atoms with van der Waals surface area (Å²) in [6.07, 6.45) is 8.16. The van der Waals surface area contributed by atoms with Crippen molar-refractivity contribution in [3.05, 3.63) is 53.5 Å². The lowest BCUT2D eigenvalue weighted by Gasteiger charge is -2.19. The van der Waals surface area contributed by atoms with Crippen molar-refractivity contribution in [1.29, 1.82) is 5.41 Å². The summed E-state index contributed by atoms with van der Waals surface area (Å²) in [4.78, 5) is 16.6. The first-order valence-corrected chi connectivity index (χ1v) is 11.2. The fraction of sp³-hybridized carbons (Fsp3) is 0.304. The number of carbonyl (C=O) groups is 1. The van der Waals surface area contributed by atoms with Crippen molar-refractivity contribution in [3.63, 3.8) is 0 Å². The molecule has 0 bridgehead atoms. The van der Waals surface area contributed by atoms with Gasteiger partial charge in [-0.25, -0.2) is 4.39 Å². The fourth-order valence-corrected chi connectivity index (χ4v) is 4.28. The summed E-state index contributed by atoms with van der Waals surface area (Å²) in [5.41, 5.74) is 0.845. The van der Waals surface area contributed by atoms with Crippen molar-refractivity contribution in [2.45, 2.75) is 45.4 Å². The second-order valence-electron chi connectivity index (χ2n) is 7.39. The molecule has 160 valence electrons. The molecule has 6 nitrogen and oxygen atoms in total. The average Bonchev–Trinajstić information content (AvgIpc) is 3.39. The zero-order valence-electron chi connectivity index (χ0n) is 17.2. The van der Waals surface area contributed by atoms with Crippen LogP contribution in [-0.4, -0.2) is 27.0 Å². The topological polar surface area (TPSA) is 82.0 Å². The third-order valence-electron chi connectivity index (χ3n) is 5.03. The van der Waals surface area contributed by atoms with E-state index in [4.69, 9.17) is 9.83 Å². The van der Waals surface area contributed by atoms with Gasteiger partial charge in [-0.3, -0.25) is 10.2 Å². The Bertz CT molecular complexity index is 1090. The van der Waals surface area contributed by atoms with Crippen LogP contribution in [-0.2, 0) is 4.79 Å². The van der Waals surface area contributed by atoms with Gasteiger partial charge in [0.1, 0.15) is 22.4 Å². The van der Waals surface area contributed by atoms with Gasteiger partial charge in [-0.2, -0.15) is 15.1 Å². The Kier molecular flexibility index (Phi) is 6.46. The number of nitrogens with zero attached hydrogens (tertiary/aromatic N) is 3. The molecule has 2 aliphatic heterocycles. The minimum atomic E-state index is -0.483.